The minimum absolute atomic E-state index is 0.350. The largest absolute Gasteiger partial charge is 0.324 e. The molecule has 0 unspecified atom stereocenters. The van der Waals surface area contributed by atoms with Gasteiger partial charge < -0.3 is 5.32 Å². The van der Waals surface area contributed by atoms with Crippen LogP contribution in [0.4, 0.5) is 11.4 Å². The second-order valence-electron chi connectivity index (χ2n) is 5.33. The third-order valence-corrected chi connectivity index (χ3v) is 6.08. The molecule has 134 valence electrons. The summed E-state index contributed by atoms with van der Waals surface area (Å²) < 4.78 is 26.1. The van der Waals surface area contributed by atoms with Crippen molar-refractivity contribution in [2.45, 2.75) is 13.0 Å². The Bertz CT molecular complexity index is 889. The molecule has 0 aliphatic heterocycles. The van der Waals surface area contributed by atoms with Gasteiger partial charge in [-0.05, 0) is 65.3 Å². The van der Waals surface area contributed by atoms with E-state index in [-0.39, 0.29) is 0 Å². The molecule has 2 rings (SSSR count). The van der Waals surface area contributed by atoms with Gasteiger partial charge in [0.05, 0.1) is 17.0 Å². The molecule has 0 heterocycles. The molecule has 25 heavy (non-hydrogen) atoms. The van der Waals surface area contributed by atoms with E-state index in [1.165, 1.54) is 6.92 Å². The average molecular weight is 466 g/mol. The van der Waals surface area contributed by atoms with Gasteiger partial charge in [-0.15, -0.1) is 0 Å². The Labute approximate surface area is 165 Å². The molecular weight excluding hydrogens is 451 g/mol. The molecule has 0 saturated carbocycles. The average Bonchev–Trinajstić information content (AvgIpc) is 2.51. The van der Waals surface area contributed by atoms with E-state index in [0.29, 0.717) is 25.9 Å². The molecular formula is C16H15BrCl2N2O3S. The molecule has 0 fully saturated rings. The number of benzene rings is 2. The van der Waals surface area contributed by atoms with E-state index in [4.69, 9.17) is 23.2 Å². The van der Waals surface area contributed by atoms with E-state index in [1.54, 1.807) is 42.5 Å². The van der Waals surface area contributed by atoms with Crippen molar-refractivity contribution < 1.29 is 13.2 Å². The summed E-state index contributed by atoms with van der Waals surface area (Å²) in [7, 11) is -3.69. The van der Waals surface area contributed by atoms with Crippen molar-refractivity contribution in [3.8, 4) is 0 Å². The standard InChI is InChI=1S/C16H15BrCl2N2O3S/c1-10(16(22)20-12-5-8-14(17)15(19)9-12)21(25(2,23)24)13-6-3-11(18)4-7-13/h3-10H,1-2H3,(H,20,22)/t10-/m0/s1. The van der Waals surface area contributed by atoms with Crippen molar-refractivity contribution in [2.75, 3.05) is 15.9 Å². The van der Waals surface area contributed by atoms with Gasteiger partial charge in [0, 0.05) is 15.2 Å². The summed E-state index contributed by atoms with van der Waals surface area (Å²) in [5.74, 6) is -0.487. The van der Waals surface area contributed by atoms with E-state index >= 15 is 0 Å². The van der Waals surface area contributed by atoms with Crippen molar-refractivity contribution in [1.82, 2.24) is 0 Å². The van der Waals surface area contributed by atoms with E-state index < -0.39 is 22.0 Å². The minimum atomic E-state index is -3.69. The summed E-state index contributed by atoms with van der Waals surface area (Å²) in [6, 6.07) is 10.2. The monoisotopic (exact) mass is 464 g/mol. The Hall–Kier alpha value is -1.28. The number of sulfonamides is 1. The van der Waals surface area contributed by atoms with Gasteiger partial charge >= 0.3 is 0 Å². The molecule has 0 aromatic heterocycles. The van der Waals surface area contributed by atoms with E-state index in [9.17, 15) is 13.2 Å². The summed E-state index contributed by atoms with van der Waals surface area (Å²) in [6.07, 6.45) is 1.04. The molecule has 1 atom stereocenters. The lowest BCUT2D eigenvalue weighted by molar-refractivity contribution is -0.116. The Kier molecular flexibility index (Phi) is 6.37. The first-order chi connectivity index (χ1) is 11.6. The van der Waals surface area contributed by atoms with Crippen LogP contribution < -0.4 is 9.62 Å². The van der Waals surface area contributed by atoms with Crippen LogP contribution in [0.2, 0.25) is 10.0 Å². The number of rotatable bonds is 5. The molecule has 0 aliphatic rings. The number of halogens is 3. The smallest absolute Gasteiger partial charge is 0.247 e. The number of nitrogens with one attached hydrogen (secondary N) is 1. The van der Waals surface area contributed by atoms with Crippen LogP contribution in [0.3, 0.4) is 0 Å². The van der Waals surface area contributed by atoms with E-state index in [2.05, 4.69) is 21.2 Å². The molecule has 2 aromatic rings. The maximum Gasteiger partial charge on any atom is 0.247 e. The Morgan fingerprint density at radius 1 is 1.16 bits per heavy atom. The first-order valence-electron chi connectivity index (χ1n) is 7.10. The second kappa shape index (κ2) is 7.95. The van der Waals surface area contributed by atoms with Gasteiger partial charge in [0.25, 0.3) is 0 Å². The van der Waals surface area contributed by atoms with Gasteiger partial charge in [-0.1, -0.05) is 23.2 Å². The molecule has 1 amide bonds. The molecule has 0 bridgehead atoms. The van der Waals surface area contributed by atoms with Crippen LogP contribution in [0.15, 0.2) is 46.9 Å². The van der Waals surface area contributed by atoms with Gasteiger partial charge in [0.15, 0.2) is 0 Å². The number of anilines is 2. The highest BCUT2D eigenvalue weighted by molar-refractivity contribution is 9.10. The first-order valence-corrected chi connectivity index (χ1v) is 10.5. The highest BCUT2D eigenvalue weighted by Gasteiger charge is 2.29. The van der Waals surface area contributed by atoms with Crippen LogP contribution >= 0.6 is 39.1 Å². The topological polar surface area (TPSA) is 66.5 Å². The van der Waals surface area contributed by atoms with Crippen molar-refractivity contribution in [2.24, 2.45) is 0 Å². The maximum absolute atomic E-state index is 12.5. The first kappa shape index (κ1) is 20.0. The van der Waals surface area contributed by atoms with Crippen molar-refractivity contribution in [1.29, 1.82) is 0 Å². The number of hydrogen-bond donors (Lipinski definition) is 1. The number of amides is 1. The maximum atomic E-state index is 12.5. The van der Waals surface area contributed by atoms with Crippen LogP contribution in [0.25, 0.3) is 0 Å². The third-order valence-electron chi connectivity index (χ3n) is 3.36. The lowest BCUT2D eigenvalue weighted by atomic mass is 10.2. The molecule has 5 nitrogen and oxygen atoms in total. The van der Waals surface area contributed by atoms with Crippen molar-refractivity contribution in [3.05, 3.63) is 57.0 Å². The molecule has 9 heteroatoms. The predicted octanol–water partition coefficient (Wildman–Crippen LogP) is 4.55. The zero-order valence-corrected chi connectivity index (χ0v) is 17.2. The van der Waals surface area contributed by atoms with Crippen molar-refractivity contribution in [3.63, 3.8) is 0 Å². The highest BCUT2D eigenvalue weighted by Crippen LogP contribution is 2.27. The SMILES string of the molecule is C[C@@H](C(=O)Nc1ccc(Br)c(Cl)c1)N(c1ccc(Cl)cc1)S(C)(=O)=O. The fourth-order valence-corrected chi connectivity index (χ4v) is 3.95. The molecule has 0 saturated heterocycles. The zero-order valence-electron chi connectivity index (χ0n) is 13.3. The van der Waals surface area contributed by atoms with Gasteiger partial charge in [-0.25, -0.2) is 8.42 Å². The molecule has 0 aliphatic carbocycles. The number of carbonyl (C=O) groups is 1. The molecule has 0 radical (unpaired) electrons. The Morgan fingerprint density at radius 2 is 1.76 bits per heavy atom. The van der Waals surface area contributed by atoms with Crippen LogP contribution in [0.1, 0.15) is 6.92 Å². The summed E-state index contributed by atoms with van der Waals surface area (Å²) in [6.45, 7) is 1.51. The molecule has 2 aromatic carbocycles. The zero-order chi connectivity index (χ0) is 18.8. The Morgan fingerprint density at radius 3 is 2.28 bits per heavy atom. The van der Waals surface area contributed by atoms with Crippen LogP contribution in [-0.2, 0) is 14.8 Å². The van der Waals surface area contributed by atoms with E-state index in [0.717, 1.165) is 10.6 Å². The quantitative estimate of drug-likeness (QED) is 0.704. The number of carbonyl (C=O) groups excluding carboxylic acids is 1. The third kappa shape index (κ3) is 5.10. The molecule has 1 N–H and O–H groups in total. The normalized spacial score (nSPS) is 12.5. The fraction of sp³-hybridized carbons (Fsp3) is 0.188. The van der Waals surface area contributed by atoms with Gasteiger partial charge in [0.2, 0.25) is 15.9 Å². The molecule has 0 spiro atoms. The van der Waals surface area contributed by atoms with Gasteiger partial charge in [0.1, 0.15) is 6.04 Å². The summed E-state index contributed by atoms with van der Waals surface area (Å²) in [5.41, 5.74) is 0.818. The predicted molar refractivity (Wildman–Crippen MR) is 106 cm³/mol. The van der Waals surface area contributed by atoms with Gasteiger partial charge in [-0.2, -0.15) is 0 Å². The Balaban J connectivity index is 2.29. The lowest BCUT2D eigenvalue weighted by Gasteiger charge is -2.28. The van der Waals surface area contributed by atoms with Crippen LogP contribution in [0.5, 0.6) is 0 Å². The lowest BCUT2D eigenvalue weighted by Crippen LogP contribution is -2.45. The fourth-order valence-electron chi connectivity index (χ4n) is 2.22. The summed E-state index contributed by atoms with van der Waals surface area (Å²) >= 11 is 15.1. The minimum Gasteiger partial charge on any atom is -0.324 e. The number of hydrogen-bond acceptors (Lipinski definition) is 3. The van der Waals surface area contributed by atoms with Gasteiger partial charge in [-0.3, -0.25) is 9.10 Å². The van der Waals surface area contributed by atoms with Crippen molar-refractivity contribution >= 4 is 66.4 Å². The van der Waals surface area contributed by atoms with Crippen LogP contribution in [0, 0.1) is 0 Å². The highest BCUT2D eigenvalue weighted by atomic mass is 79.9. The van der Waals surface area contributed by atoms with Crippen LogP contribution in [-0.4, -0.2) is 26.6 Å². The summed E-state index contributed by atoms with van der Waals surface area (Å²) in [4.78, 5) is 12.5. The van der Waals surface area contributed by atoms with E-state index in [1.807, 2.05) is 0 Å². The second-order valence-corrected chi connectivity index (χ2v) is 8.89. The number of nitrogens with zero attached hydrogens (tertiary/aromatic N) is 1. The summed E-state index contributed by atoms with van der Waals surface area (Å²) in [5, 5.41) is 3.57.